The van der Waals surface area contributed by atoms with E-state index >= 15 is 0 Å². The van der Waals surface area contributed by atoms with Crippen LogP contribution in [0.5, 0.6) is 0 Å². The van der Waals surface area contributed by atoms with E-state index in [0.717, 1.165) is 24.3 Å². The number of hydrogen-bond donors (Lipinski definition) is 2. The van der Waals surface area contributed by atoms with Crippen LogP contribution < -0.4 is 19.6 Å². The molecule has 2 N–H and O–H groups in total. The maximum Gasteiger partial charge on any atom is 0.416 e. The third-order valence-electron chi connectivity index (χ3n) is 7.90. The Balaban J connectivity index is 1.65. The summed E-state index contributed by atoms with van der Waals surface area (Å²) >= 11 is 0. The lowest BCUT2D eigenvalue weighted by Gasteiger charge is -2.28. The highest BCUT2D eigenvalue weighted by Crippen LogP contribution is 2.45. The molecular weight excluding hydrogens is 678 g/mol. The summed E-state index contributed by atoms with van der Waals surface area (Å²) in [6, 6.07) is 6.57. The SMILES string of the molecule is CN1/C(=C/C=C/C2N(C)c3ccc(C(F)(F)F)cc3N2CCCCS(=O)(=O)O)N(CCCCS(=O)(=O)O)c2cc(C(F)(F)F)ccc21. The highest BCUT2D eigenvalue weighted by atomic mass is 32.2. The van der Waals surface area contributed by atoms with E-state index in [-0.39, 0.29) is 50.1 Å². The molecule has 260 valence electrons. The second-order valence-electron chi connectivity index (χ2n) is 11.2. The normalized spacial score (nSPS) is 18.2. The van der Waals surface area contributed by atoms with Crippen LogP contribution >= 0.6 is 0 Å². The topological polar surface area (TPSA) is 122 Å². The minimum Gasteiger partial charge on any atom is -0.349 e. The quantitative estimate of drug-likeness (QED) is 0.154. The van der Waals surface area contributed by atoms with Gasteiger partial charge in [0.05, 0.1) is 45.4 Å². The summed E-state index contributed by atoms with van der Waals surface area (Å²) < 4.78 is 144. The zero-order valence-electron chi connectivity index (χ0n) is 25.3. The first-order chi connectivity index (χ1) is 21.7. The van der Waals surface area contributed by atoms with Gasteiger partial charge in [0.15, 0.2) is 0 Å². The van der Waals surface area contributed by atoms with Crippen molar-refractivity contribution in [1.29, 1.82) is 0 Å². The fraction of sp³-hybridized carbons (Fsp3) is 0.448. The lowest BCUT2D eigenvalue weighted by atomic mass is 10.1. The molecule has 10 nitrogen and oxygen atoms in total. The van der Waals surface area contributed by atoms with Crippen LogP contribution in [0.15, 0.2) is 60.4 Å². The number of rotatable bonds is 12. The summed E-state index contributed by atoms with van der Waals surface area (Å²) in [4.78, 5) is 6.63. The molecule has 1 unspecified atom stereocenters. The molecule has 18 heteroatoms. The second-order valence-corrected chi connectivity index (χ2v) is 14.4. The van der Waals surface area contributed by atoms with E-state index in [9.17, 15) is 43.2 Å². The van der Waals surface area contributed by atoms with Gasteiger partial charge >= 0.3 is 12.4 Å². The van der Waals surface area contributed by atoms with Crippen LogP contribution in [0.1, 0.15) is 36.8 Å². The number of unbranched alkanes of at least 4 members (excludes halogenated alkanes) is 2. The van der Waals surface area contributed by atoms with Gasteiger partial charge in [-0.1, -0.05) is 6.08 Å². The second kappa shape index (κ2) is 13.6. The number of allylic oxidation sites excluding steroid dienone is 2. The van der Waals surface area contributed by atoms with Crippen molar-refractivity contribution in [3.63, 3.8) is 0 Å². The van der Waals surface area contributed by atoms with Gasteiger partial charge in [-0.05, 0) is 74.2 Å². The highest BCUT2D eigenvalue weighted by molar-refractivity contribution is 7.86. The molecule has 0 saturated heterocycles. The van der Waals surface area contributed by atoms with Crippen LogP contribution in [0.2, 0.25) is 0 Å². The minimum absolute atomic E-state index is 0.0496. The first kappa shape index (κ1) is 36.4. The maximum atomic E-state index is 13.6. The van der Waals surface area contributed by atoms with Crippen molar-refractivity contribution < 1.29 is 52.3 Å². The van der Waals surface area contributed by atoms with Crippen LogP contribution in [0, 0.1) is 0 Å². The van der Waals surface area contributed by atoms with Crippen LogP contribution in [-0.2, 0) is 32.6 Å². The molecule has 0 spiro atoms. The molecule has 0 saturated carbocycles. The fourth-order valence-corrected chi connectivity index (χ4v) is 6.77. The molecule has 0 radical (unpaired) electrons. The van der Waals surface area contributed by atoms with Gasteiger partial charge in [-0.2, -0.15) is 43.2 Å². The Hall–Kier alpha value is -3.48. The van der Waals surface area contributed by atoms with Crippen molar-refractivity contribution in [3.8, 4) is 0 Å². The number of likely N-dealkylation sites (N-methyl/N-ethyl adjacent to an activating group) is 1. The molecule has 4 rings (SSSR count). The number of benzene rings is 2. The van der Waals surface area contributed by atoms with Crippen molar-refractivity contribution in [3.05, 3.63) is 71.6 Å². The molecule has 2 aliphatic heterocycles. The van der Waals surface area contributed by atoms with Gasteiger partial charge in [-0.3, -0.25) is 9.11 Å². The lowest BCUT2D eigenvalue weighted by Crippen LogP contribution is -2.40. The molecule has 2 aliphatic rings. The third-order valence-corrected chi connectivity index (χ3v) is 9.51. The van der Waals surface area contributed by atoms with Gasteiger partial charge in [0, 0.05) is 27.2 Å². The predicted molar refractivity (Wildman–Crippen MR) is 167 cm³/mol. The summed E-state index contributed by atoms with van der Waals surface area (Å²) in [5, 5.41) is 0. The van der Waals surface area contributed by atoms with Gasteiger partial charge in [-0.25, -0.2) is 0 Å². The smallest absolute Gasteiger partial charge is 0.349 e. The average Bonchev–Trinajstić information content (AvgIpc) is 3.36. The monoisotopic (exact) mass is 712 g/mol. The molecular formula is C29H34F6N4O6S2. The summed E-state index contributed by atoms with van der Waals surface area (Å²) in [5.74, 6) is -0.586. The molecule has 0 aliphatic carbocycles. The van der Waals surface area contributed by atoms with Crippen molar-refractivity contribution in [2.24, 2.45) is 0 Å². The number of halogens is 6. The Kier molecular flexibility index (Phi) is 10.5. The van der Waals surface area contributed by atoms with E-state index in [0.29, 0.717) is 17.2 Å². The summed E-state index contributed by atoms with van der Waals surface area (Å²) in [6.07, 6.45) is -4.41. The molecule has 0 aromatic heterocycles. The van der Waals surface area contributed by atoms with E-state index in [1.165, 1.54) is 12.1 Å². The Morgan fingerprint density at radius 3 is 1.77 bits per heavy atom. The molecule has 2 heterocycles. The first-order valence-corrected chi connectivity index (χ1v) is 17.6. The van der Waals surface area contributed by atoms with E-state index in [1.807, 2.05) is 0 Å². The van der Waals surface area contributed by atoms with Crippen LogP contribution in [0.3, 0.4) is 0 Å². The number of alkyl halides is 6. The Morgan fingerprint density at radius 1 is 0.723 bits per heavy atom. The molecule has 47 heavy (non-hydrogen) atoms. The van der Waals surface area contributed by atoms with Crippen LogP contribution in [-0.4, -0.2) is 70.8 Å². The Morgan fingerprint density at radius 2 is 1.23 bits per heavy atom. The molecule has 2 aromatic rings. The van der Waals surface area contributed by atoms with E-state index in [4.69, 9.17) is 9.11 Å². The van der Waals surface area contributed by atoms with E-state index in [2.05, 4.69) is 0 Å². The van der Waals surface area contributed by atoms with Gasteiger partial charge in [0.1, 0.15) is 12.0 Å². The average molecular weight is 713 g/mol. The van der Waals surface area contributed by atoms with E-state index < -0.39 is 61.4 Å². The molecule has 0 amide bonds. The molecule has 0 bridgehead atoms. The standard InChI is InChI=1S/C29H34F6N4O6S2/c1-36-22-12-10-20(28(30,31)32)18-24(22)38(14-3-5-16-46(40,41)42)26(36)8-7-9-27-37(2)23-13-11-21(29(33,34)35)19-25(23)39(27)15-4-6-17-47(43,44)45/h7-13,18-19,26H,3-6,14-17H2,1-2H3,(H,40,41,42)(H,43,44,45)/b8-7+,27-9-. The van der Waals surface area contributed by atoms with Gasteiger partial charge in [0.2, 0.25) is 0 Å². The number of hydrogen-bond acceptors (Lipinski definition) is 8. The zero-order valence-corrected chi connectivity index (χ0v) is 27.0. The minimum atomic E-state index is -4.62. The fourth-order valence-electron chi connectivity index (χ4n) is 5.63. The first-order valence-electron chi connectivity index (χ1n) is 14.4. The summed E-state index contributed by atoms with van der Waals surface area (Å²) in [6.45, 7) is 0.258. The summed E-state index contributed by atoms with van der Waals surface area (Å²) in [5.41, 5.74) is -0.301. The van der Waals surface area contributed by atoms with Crippen LogP contribution in [0.25, 0.3) is 0 Å². The number of anilines is 4. The lowest BCUT2D eigenvalue weighted by molar-refractivity contribution is -0.138. The number of fused-ring (bicyclic) bond motifs is 2. The summed E-state index contributed by atoms with van der Waals surface area (Å²) in [7, 11) is -5.15. The van der Waals surface area contributed by atoms with Crippen molar-refractivity contribution in [2.75, 3.05) is 58.3 Å². The zero-order chi connectivity index (χ0) is 34.9. The largest absolute Gasteiger partial charge is 0.416 e. The number of nitrogens with zero attached hydrogens (tertiary/aromatic N) is 4. The predicted octanol–water partition coefficient (Wildman–Crippen LogP) is 6.00. The van der Waals surface area contributed by atoms with Crippen molar-refractivity contribution in [2.45, 2.75) is 44.2 Å². The van der Waals surface area contributed by atoms with E-state index in [1.54, 1.807) is 51.9 Å². The third kappa shape index (κ3) is 8.91. The van der Waals surface area contributed by atoms with Gasteiger partial charge < -0.3 is 19.6 Å². The van der Waals surface area contributed by atoms with Crippen molar-refractivity contribution >= 4 is 43.0 Å². The Labute approximate surface area is 269 Å². The molecule has 2 aromatic carbocycles. The van der Waals surface area contributed by atoms with Gasteiger partial charge in [-0.15, -0.1) is 0 Å². The highest BCUT2D eigenvalue weighted by Gasteiger charge is 2.38. The Bertz CT molecular complexity index is 1750. The van der Waals surface area contributed by atoms with Gasteiger partial charge in [0.25, 0.3) is 20.2 Å². The molecule has 0 fully saturated rings. The molecule has 1 atom stereocenters. The maximum absolute atomic E-state index is 13.6. The van der Waals surface area contributed by atoms with Crippen LogP contribution in [0.4, 0.5) is 49.1 Å². The van der Waals surface area contributed by atoms with Crippen molar-refractivity contribution in [1.82, 2.24) is 0 Å².